The number of carbonyl (C=O) groups excluding carboxylic acids is 1. The van der Waals surface area contributed by atoms with E-state index < -0.39 is 22.5 Å². The second-order valence-electron chi connectivity index (χ2n) is 7.48. The van der Waals surface area contributed by atoms with Gasteiger partial charge in [-0.05, 0) is 49.4 Å². The summed E-state index contributed by atoms with van der Waals surface area (Å²) >= 11 is 0. The number of H-pyrrole nitrogens is 1. The number of carbonyl (C=O) groups is 1. The van der Waals surface area contributed by atoms with E-state index in [4.69, 9.17) is 4.74 Å². The molecule has 0 aliphatic carbocycles. The van der Waals surface area contributed by atoms with E-state index in [2.05, 4.69) is 15.2 Å². The van der Waals surface area contributed by atoms with Crippen LogP contribution in [0.15, 0.2) is 87.9 Å². The van der Waals surface area contributed by atoms with Gasteiger partial charge in [-0.15, -0.1) is 10.2 Å². The molecule has 0 spiro atoms. The number of azo groups is 1. The molecule has 0 radical (unpaired) electrons. The highest BCUT2D eigenvalue weighted by Crippen LogP contribution is 2.35. The van der Waals surface area contributed by atoms with E-state index in [1.165, 1.54) is 19.2 Å². The van der Waals surface area contributed by atoms with Crippen LogP contribution in [0.2, 0.25) is 0 Å². The van der Waals surface area contributed by atoms with Crippen LogP contribution in [0.5, 0.6) is 11.6 Å². The lowest BCUT2D eigenvalue weighted by molar-refractivity contribution is -0.116. The van der Waals surface area contributed by atoms with Crippen molar-refractivity contribution in [2.45, 2.75) is 11.8 Å². The Hall–Kier alpha value is -4.18. The van der Waals surface area contributed by atoms with Crippen molar-refractivity contribution in [3.8, 4) is 11.6 Å². The molecule has 0 atom stereocenters. The van der Waals surface area contributed by atoms with Gasteiger partial charge in [-0.2, -0.15) is 0 Å². The van der Waals surface area contributed by atoms with Gasteiger partial charge >= 0.3 is 0 Å². The maximum absolute atomic E-state index is 13.4. The first kappa shape index (κ1) is 23.0. The number of benzene rings is 3. The van der Waals surface area contributed by atoms with Gasteiger partial charge in [-0.1, -0.05) is 35.9 Å². The number of aryl methyl sites for hydroxylation is 1. The van der Waals surface area contributed by atoms with Gasteiger partial charge < -0.3 is 14.8 Å². The average Bonchev–Trinajstić information content (AvgIpc) is 3.16. The summed E-state index contributed by atoms with van der Waals surface area (Å²) in [4.78, 5) is 15.5. The number of aromatic amines is 1. The summed E-state index contributed by atoms with van der Waals surface area (Å²) in [5.74, 6) is -0.509. The molecule has 4 aromatic rings. The summed E-state index contributed by atoms with van der Waals surface area (Å²) in [7, 11) is -2.59. The number of fused-ring (bicyclic) bond motifs is 1. The van der Waals surface area contributed by atoms with E-state index >= 15 is 0 Å². The van der Waals surface area contributed by atoms with Crippen LogP contribution in [0.25, 0.3) is 10.9 Å². The third-order valence-corrected chi connectivity index (χ3v) is 6.96. The second kappa shape index (κ2) is 9.36. The van der Waals surface area contributed by atoms with Gasteiger partial charge in [-0.25, -0.2) is 8.42 Å². The number of hydrogen-bond donors (Lipinski definition) is 2. The third-order valence-electron chi connectivity index (χ3n) is 5.17. The second-order valence-corrected chi connectivity index (χ2v) is 9.35. The summed E-state index contributed by atoms with van der Waals surface area (Å²) in [6.45, 7) is 1.26. The Kier molecular flexibility index (Phi) is 6.33. The predicted octanol–water partition coefficient (Wildman–Crippen LogP) is 4.70. The van der Waals surface area contributed by atoms with Crippen LogP contribution in [0.4, 0.5) is 11.4 Å². The predicted molar refractivity (Wildman–Crippen MR) is 128 cm³/mol. The summed E-state index contributed by atoms with van der Waals surface area (Å²) in [5, 5.41) is 18.3. The van der Waals surface area contributed by atoms with Crippen molar-refractivity contribution in [3.05, 3.63) is 78.4 Å². The Labute approximate surface area is 196 Å². The molecule has 0 saturated carbocycles. The number of aromatic hydroxyl groups is 1. The van der Waals surface area contributed by atoms with Gasteiger partial charge in [0.05, 0.1) is 23.2 Å². The minimum atomic E-state index is -4.09. The SMILES string of the molecule is COc1ccc(N(CC(=O)N=Nc2c(O)[nH]c3ccccc23)S(=O)(=O)c2ccc(C)cc2)cc1. The average molecular weight is 479 g/mol. The Balaban J connectivity index is 1.67. The zero-order valence-electron chi connectivity index (χ0n) is 18.5. The van der Waals surface area contributed by atoms with E-state index in [0.29, 0.717) is 16.7 Å². The number of rotatable bonds is 7. The number of para-hydroxylation sites is 1. The summed E-state index contributed by atoms with van der Waals surface area (Å²) in [6.07, 6.45) is 0. The molecule has 1 aromatic heterocycles. The Morgan fingerprint density at radius 3 is 2.38 bits per heavy atom. The van der Waals surface area contributed by atoms with E-state index in [9.17, 15) is 18.3 Å². The maximum Gasteiger partial charge on any atom is 0.285 e. The molecule has 4 rings (SSSR count). The smallest absolute Gasteiger partial charge is 0.285 e. The normalized spacial score (nSPS) is 11.7. The molecule has 2 N–H and O–H groups in total. The van der Waals surface area contributed by atoms with E-state index in [1.807, 2.05) is 6.92 Å². The minimum absolute atomic E-state index is 0.0351. The lowest BCUT2D eigenvalue weighted by Crippen LogP contribution is -2.35. The van der Waals surface area contributed by atoms with E-state index in [0.717, 1.165) is 9.87 Å². The van der Waals surface area contributed by atoms with Crippen LogP contribution in [0.1, 0.15) is 5.56 Å². The number of aromatic nitrogens is 1. The summed E-state index contributed by atoms with van der Waals surface area (Å²) < 4.78 is 33.0. The first-order valence-electron chi connectivity index (χ1n) is 10.3. The van der Waals surface area contributed by atoms with Crippen LogP contribution in [-0.2, 0) is 14.8 Å². The van der Waals surface area contributed by atoms with Crippen LogP contribution >= 0.6 is 0 Å². The maximum atomic E-state index is 13.4. The molecule has 0 unspecified atom stereocenters. The topological polar surface area (TPSA) is 124 Å². The highest BCUT2D eigenvalue weighted by molar-refractivity contribution is 7.92. The van der Waals surface area contributed by atoms with Crippen LogP contribution in [-0.4, -0.2) is 38.1 Å². The Bertz CT molecular complexity index is 1460. The lowest BCUT2D eigenvalue weighted by Gasteiger charge is -2.23. The van der Waals surface area contributed by atoms with Gasteiger partial charge in [-0.3, -0.25) is 9.10 Å². The fraction of sp³-hybridized carbons (Fsp3) is 0.125. The van der Waals surface area contributed by atoms with Crippen LogP contribution < -0.4 is 9.04 Å². The van der Waals surface area contributed by atoms with Crippen molar-refractivity contribution in [3.63, 3.8) is 0 Å². The number of sulfonamides is 1. The quantitative estimate of drug-likeness (QED) is 0.373. The molecule has 0 aliphatic rings. The standard InChI is InChI=1S/C24H22N4O5S/c1-16-7-13-19(14-8-16)34(31,32)28(17-9-11-18(33-2)12-10-17)15-22(29)26-27-23-20-5-3-4-6-21(20)25-24(23)30/h3-14,25,30H,15H2,1-2H3. The lowest BCUT2D eigenvalue weighted by atomic mass is 10.2. The van der Waals surface area contributed by atoms with Gasteiger partial charge in [0.1, 0.15) is 12.3 Å². The molecule has 10 heteroatoms. The van der Waals surface area contributed by atoms with Crippen molar-refractivity contribution >= 4 is 38.2 Å². The Morgan fingerprint density at radius 2 is 1.71 bits per heavy atom. The van der Waals surface area contributed by atoms with Crippen molar-refractivity contribution in [2.24, 2.45) is 10.2 Å². The summed E-state index contributed by atoms with van der Waals surface area (Å²) in [5.41, 5.74) is 1.89. The van der Waals surface area contributed by atoms with Crippen molar-refractivity contribution in [2.75, 3.05) is 18.0 Å². The number of amides is 1. The van der Waals surface area contributed by atoms with Crippen molar-refractivity contribution in [1.29, 1.82) is 0 Å². The fourth-order valence-electron chi connectivity index (χ4n) is 3.38. The van der Waals surface area contributed by atoms with Gasteiger partial charge in [0.2, 0.25) is 5.88 Å². The highest BCUT2D eigenvalue weighted by atomic mass is 32.2. The van der Waals surface area contributed by atoms with Gasteiger partial charge in [0, 0.05) is 5.39 Å². The molecule has 34 heavy (non-hydrogen) atoms. The largest absolute Gasteiger partial charge is 0.497 e. The zero-order chi connectivity index (χ0) is 24.3. The number of anilines is 1. The first-order valence-corrected chi connectivity index (χ1v) is 11.7. The number of methoxy groups -OCH3 is 1. The molecule has 9 nitrogen and oxygen atoms in total. The number of nitrogens with one attached hydrogen (secondary N) is 1. The fourth-order valence-corrected chi connectivity index (χ4v) is 4.79. The number of hydrogen-bond acceptors (Lipinski definition) is 6. The van der Waals surface area contributed by atoms with E-state index in [-0.39, 0.29) is 22.2 Å². The molecular formula is C24H22N4O5S. The van der Waals surface area contributed by atoms with E-state index in [1.54, 1.807) is 60.7 Å². The Morgan fingerprint density at radius 1 is 1.03 bits per heavy atom. The molecule has 0 saturated heterocycles. The minimum Gasteiger partial charge on any atom is -0.497 e. The van der Waals surface area contributed by atoms with Crippen molar-refractivity contribution in [1.82, 2.24) is 4.98 Å². The number of ether oxygens (including phenoxy) is 1. The molecule has 0 aliphatic heterocycles. The summed E-state index contributed by atoms with van der Waals surface area (Å²) in [6, 6.07) is 19.6. The van der Waals surface area contributed by atoms with Crippen molar-refractivity contribution < 1.29 is 23.1 Å². The molecule has 1 amide bonds. The monoisotopic (exact) mass is 478 g/mol. The van der Waals surface area contributed by atoms with Crippen LogP contribution in [0.3, 0.4) is 0 Å². The molecule has 174 valence electrons. The molecule has 3 aromatic carbocycles. The highest BCUT2D eigenvalue weighted by Gasteiger charge is 2.27. The molecule has 0 fully saturated rings. The molecule has 0 bridgehead atoms. The number of nitrogens with zero attached hydrogens (tertiary/aromatic N) is 3. The third kappa shape index (κ3) is 4.62. The van der Waals surface area contributed by atoms with Gasteiger partial charge in [0.15, 0.2) is 5.69 Å². The van der Waals surface area contributed by atoms with Crippen LogP contribution in [0, 0.1) is 6.92 Å². The molecule has 1 heterocycles. The van der Waals surface area contributed by atoms with Gasteiger partial charge in [0.25, 0.3) is 15.9 Å². The molecular weight excluding hydrogens is 456 g/mol. The first-order chi connectivity index (χ1) is 16.3. The zero-order valence-corrected chi connectivity index (χ0v) is 19.3.